The first-order valence-corrected chi connectivity index (χ1v) is 9.95. The Labute approximate surface area is 188 Å². The van der Waals surface area contributed by atoms with Crippen LogP contribution >= 0.6 is 0 Å². The summed E-state index contributed by atoms with van der Waals surface area (Å²) in [4.78, 5) is 18.3. The van der Waals surface area contributed by atoms with Crippen LogP contribution in [0.3, 0.4) is 0 Å². The molecule has 34 heavy (non-hydrogen) atoms. The van der Waals surface area contributed by atoms with Gasteiger partial charge in [-0.2, -0.15) is 0 Å². The average Bonchev–Trinajstić information content (AvgIpc) is 3.40. The van der Waals surface area contributed by atoms with Crippen molar-refractivity contribution in [1.82, 2.24) is 14.5 Å². The highest BCUT2D eigenvalue weighted by molar-refractivity contribution is 5.77. The third-order valence-corrected chi connectivity index (χ3v) is 4.99. The van der Waals surface area contributed by atoms with Gasteiger partial charge >= 0.3 is 18.2 Å². The van der Waals surface area contributed by atoms with Crippen molar-refractivity contribution < 1.29 is 36.7 Å². The Morgan fingerprint density at radius 2 is 1.97 bits per heavy atom. The molecule has 1 aliphatic heterocycles. The van der Waals surface area contributed by atoms with E-state index in [1.807, 2.05) is 0 Å². The van der Waals surface area contributed by atoms with Gasteiger partial charge in [-0.3, -0.25) is 4.57 Å². The largest absolute Gasteiger partial charge is 0.573 e. The van der Waals surface area contributed by atoms with Crippen LogP contribution in [0.25, 0.3) is 22.6 Å². The lowest BCUT2D eigenvalue weighted by Gasteiger charge is -2.22. The molecule has 1 unspecified atom stereocenters. The Balaban J connectivity index is 1.22. The Kier molecular flexibility index (Phi) is 5.32. The second-order valence-corrected chi connectivity index (χ2v) is 7.43. The minimum absolute atomic E-state index is 0.186. The molecule has 3 heterocycles. The summed E-state index contributed by atoms with van der Waals surface area (Å²) in [5.74, 6) is -0.410. The van der Waals surface area contributed by atoms with Crippen LogP contribution < -0.4 is 9.47 Å². The number of hydrogen-bond donors (Lipinski definition) is 0. The third-order valence-electron chi connectivity index (χ3n) is 4.99. The molecule has 0 spiro atoms. The van der Waals surface area contributed by atoms with Crippen LogP contribution in [0, 0.1) is 10.1 Å². The number of aromatic nitrogens is 3. The van der Waals surface area contributed by atoms with Gasteiger partial charge in [-0.1, -0.05) is 12.1 Å². The smallest absolute Gasteiger partial charge is 0.443 e. The molecule has 5 rings (SSSR count). The van der Waals surface area contributed by atoms with Crippen LogP contribution in [-0.2, 0) is 17.9 Å². The van der Waals surface area contributed by atoms with Crippen molar-refractivity contribution in [2.24, 2.45) is 0 Å². The summed E-state index contributed by atoms with van der Waals surface area (Å²) < 4.78 is 59.6. The van der Waals surface area contributed by atoms with Gasteiger partial charge in [0.2, 0.25) is 5.89 Å². The number of oxazole rings is 1. The molecule has 4 aromatic rings. The van der Waals surface area contributed by atoms with Gasteiger partial charge < -0.3 is 28.7 Å². The van der Waals surface area contributed by atoms with Gasteiger partial charge in [-0.05, 0) is 34.8 Å². The van der Waals surface area contributed by atoms with Crippen LogP contribution in [0.1, 0.15) is 5.56 Å². The molecule has 0 saturated carbocycles. The van der Waals surface area contributed by atoms with Crippen molar-refractivity contribution in [2.45, 2.75) is 25.6 Å². The van der Waals surface area contributed by atoms with Crippen LogP contribution in [0.5, 0.6) is 11.8 Å². The number of fused-ring (bicyclic) bond motifs is 2. The van der Waals surface area contributed by atoms with Gasteiger partial charge in [-0.15, -0.1) is 13.2 Å². The predicted octanol–water partition coefficient (Wildman–Crippen LogP) is 4.48. The Morgan fingerprint density at radius 1 is 1.18 bits per heavy atom. The zero-order valence-corrected chi connectivity index (χ0v) is 17.2. The normalized spacial score (nSPS) is 15.7. The van der Waals surface area contributed by atoms with Gasteiger partial charge in [0, 0.05) is 16.6 Å². The topological polar surface area (TPSA) is 115 Å². The molecular weight excluding hydrogens is 461 g/mol. The Morgan fingerprint density at radius 3 is 2.71 bits per heavy atom. The summed E-state index contributed by atoms with van der Waals surface area (Å²) in [6.07, 6.45) is -3.80. The summed E-state index contributed by atoms with van der Waals surface area (Å²) in [7, 11) is 0. The molecule has 2 aromatic heterocycles. The fourth-order valence-electron chi connectivity index (χ4n) is 3.45. The summed E-state index contributed by atoms with van der Waals surface area (Å²) in [5.41, 5.74) is 2.05. The molecule has 0 bridgehead atoms. The first-order valence-electron chi connectivity index (χ1n) is 9.95. The fourth-order valence-corrected chi connectivity index (χ4v) is 3.45. The van der Waals surface area contributed by atoms with E-state index in [-0.39, 0.29) is 48.3 Å². The van der Waals surface area contributed by atoms with Gasteiger partial charge in [0.1, 0.15) is 30.2 Å². The van der Waals surface area contributed by atoms with Crippen molar-refractivity contribution in [3.05, 3.63) is 64.3 Å². The van der Waals surface area contributed by atoms with Gasteiger partial charge in [0.25, 0.3) is 0 Å². The molecule has 1 atom stereocenters. The van der Waals surface area contributed by atoms with E-state index in [2.05, 4.69) is 14.7 Å². The first kappa shape index (κ1) is 21.7. The number of rotatable bonds is 6. The number of nitrogens with zero attached hydrogens (tertiary/aromatic N) is 4. The number of nitro groups is 1. The highest BCUT2D eigenvalue weighted by Crippen LogP contribution is 2.30. The minimum Gasteiger partial charge on any atom is -0.443 e. The van der Waals surface area contributed by atoms with E-state index in [0.717, 1.165) is 17.7 Å². The lowest BCUT2D eigenvalue weighted by molar-refractivity contribution is -0.389. The highest BCUT2D eigenvalue weighted by atomic mass is 19.4. The maximum absolute atomic E-state index is 12.4. The Hall–Kier alpha value is -4.13. The molecule has 0 amide bonds. The molecule has 176 valence electrons. The number of alkyl halides is 3. The summed E-state index contributed by atoms with van der Waals surface area (Å²) in [6, 6.07) is 11.0. The SMILES string of the molecule is O=[N+]([O-])c1cn2c(n1)OCC(OCc1ccc(-c3nc4cc(OC(F)(F)F)ccc4o3)cc1)C2. The number of imidazole rings is 1. The van der Waals surface area contributed by atoms with Crippen LogP contribution in [-0.4, -0.2) is 38.5 Å². The van der Waals surface area contributed by atoms with Crippen molar-refractivity contribution >= 4 is 16.9 Å². The summed E-state index contributed by atoms with van der Waals surface area (Å²) in [5, 5.41) is 10.8. The number of halogens is 3. The second-order valence-electron chi connectivity index (χ2n) is 7.43. The van der Waals surface area contributed by atoms with Crippen LogP contribution in [0.15, 0.2) is 53.1 Å². The molecule has 0 N–H and O–H groups in total. The maximum atomic E-state index is 12.4. The zero-order chi connectivity index (χ0) is 23.9. The Bertz CT molecular complexity index is 1350. The molecule has 0 radical (unpaired) electrons. The molecule has 0 aliphatic carbocycles. The lowest BCUT2D eigenvalue weighted by Crippen LogP contribution is -2.32. The van der Waals surface area contributed by atoms with E-state index in [0.29, 0.717) is 17.7 Å². The van der Waals surface area contributed by atoms with E-state index in [4.69, 9.17) is 13.9 Å². The third kappa shape index (κ3) is 4.64. The lowest BCUT2D eigenvalue weighted by atomic mass is 10.1. The maximum Gasteiger partial charge on any atom is 0.573 e. The molecule has 1 aliphatic rings. The molecule has 13 heteroatoms. The van der Waals surface area contributed by atoms with Gasteiger partial charge in [-0.25, -0.2) is 4.98 Å². The fraction of sp³-hybridized carbons (Fsp3) is 0.238. The van der Waals surface area contributed by atoms with E-state index >= 15 is 0 Å². The zero-order valence-electron chi connectivity index (χ0n) is 17.2. The summed E-state index contributed by atoms with van der Waals surface area (Å²) >= 11 is 0. The van der Waals surface area contributed by atoms with E-state index in [1.165, 1.54) is 16.8 Å². The molecule has 0 saturated heterocycles. The monoisotopic (exact) mass is 476 g/mol. The minimum atomic E-state index is -4.79. The predicted molar refractivity (Wildman–Crippen MR) is 109 cm³/mol. The number of benzene rings is 2. The number of ether oxygens (including phenoxy) is 3. The number of hydrogen-bond acceptors (Lipinski definition) is 8. The van der Waals surface area contributed by atoms with E-state index in [1.54, 1.807) is 24.3 Å². The standard InChI is InChI=1S/C21H15F3N4O6/c22-21(23,24)34-14-5-6-17-16(7-14)25-19(33-17)13-3-1-12(2-4-13)10-31-15-8-27-9-18(28(29)30)26-20(27)32-11-15/h1-7,9,15H,8,10-11H2. The van der Waals surface area contributed by atoms with Gasteiger partial charge in [0.05, 0.1) is 13.2 Å². The van der Waals surface area contributed by atoms with Crippen molar-refractivity contribution in [3.63, 3.8) is 0 Å². The van der Waals surface area contributed by atoms with Crippen molar-refractivity contribution in [2.75, 3.05) is 6.61 Å². The molecule has 10 nitrogen and oxygen atoms in total. The van der Waals surface area contributed by atoms with Crippen LogP contribution in [0.2, 0.25) is 0 Å². The molecular formula is C21H15F3N4O6. The van der Waals surface area contributed by atoms with E-state index in [9.17, 15) is 23.3 Å². The first-order chi connectivity index (χ1) is 16.2. The molecule has 2 aromatic carbocycles. The molecule has 0 fully saturated rings. The average molecular weight is 476 g/mol. The second kappa shape index (κ2) is 8.33. The van der Waals surface area contributed by atoms with Crippen molar-refractivity contribution in [3.8, 4) is 23.2 Å². The van der Waals surface area contributed by atoms with Gasteiger partial charge in [0.15, 0.2) is 5.58 Å². The van der Waals surface area contributed by atoms with E-state index < -0.39 is 11.3 Å². The summed E-state index contributed by atoms with van der Waals surface area (Å²) in [6.45, 7) is 0.860. The highest BCUT2D eigenvalue weighted by Gasteiger charge is 2.31. The quantitative estimate of drug-likeness (QED) is 0.296. The van der Waals surface area contributed by atoms with Crippen LogP contribution in [0.4, 0.5) is 19.0 Å². The van der Waals surface area contributed by atoms with Crippen molar-refractivity contribution in [1.29, 1.82) is 0 Å².